The second kappa shape index (κ2) is 6.83. The van der Waals surface area contributed by atoms with Gasteiger partial charge in [-0.15, -0.1) is 0 Å². The third kappa shape index (κ3) is 4.47. The Balaban J connectivity index is 2.08. The third-order valence-corrected chi connectivity index (χ3v) is 5.18. The van der Waals surface area contributed by atoms with Crippen LogP contribution >= 0.6 is 0 Å². The molecular formula is C14H23N3O3S. The summed E-state index contributed by atoms with van der Waals surface area (Å²) in [6.07, 6.45) is 2.94. The average Bonchev–Trinajstić information content (AvgIpc) is 2.45. The lowest BCUT2D eigenvalue weighted by molar-refractivity contribution is 0.0537. The Kier molecular flexibility index (Phi) is 5.32. The SMILES string of the molecule is CCNCc1ccc(S(=O)(=O)NC2(C)CCOCC2)nc1. The van der Waals surface area contributed by atoms with Crippen molar-refractivity contribution in [2.24, 2.45) is 0 Å². The second-order valence-electron chi connectivity index (χ2n) is 5.56. The highest BCUT2D eigenvalue weighted by molar-refractivity contribution is 7.89. The van der Waals surface area contributed by atoms with E-state index in [-0.39, 0.29) is 5.03 Å². The molecule has 2 heterocycles. The summed E-state index contributed by atoms with van der Waals surface area (Å²) < 4.78 is 32.8. The zero-order chi connectivity index (χ0) is 15.3. The van der Waals surface area contributed by atoms with Crippen LogP contribution in [0.25, 0.3) is 0 Å². The van der Waals surface area contributed by atoms with Crippen LogP contribution < -0.4 is 10.0 Å². The molecule has 118 valence electrons. The number of sulfonamides is 1. The van der Waals surface area contributed by atoms with Gasteiger partial charge in [-0.1, -0.05) is 13.0 Å². The van der Waals surface area contributed by atoms with Crippen molar-refractivity contribution in [2.75, 3.05) is 19.8 Å². The largest absolute Gasteiger partial charge is 0.381 e. The van der Waals surface area contributed by atoms with E-state index >= 15 is 0 Å². The van der Waals surface area contributed by atoms with Gasteiger partial charge in [0.05, 0.1) is 0 Å². The molecule has 7 heteroatoms. The van der Waals surface area contributed by atoms with Gasteiger partial charge in [0.25, 0.3) is 10.0 Å². The molecule has 21 heavy (non-hydrogen) atoms. The predicted molar refractivity (Wildman–Crippen MR) is 80.4 cm³/mol. The van der Waals surface area contributed by atoms with Crippen molar-refractivity contribution in [2.45, 2.75) is 43.8 Å². The second-order valence-corrected chi connectivity index (χ2v) is 7.19. The minimum Gasteiger partial charge on any atom is -0.381 e. The van der Waals surface area contributed by atoms with Crippen molar-refractivity contribution in [1.29, 1.82) is 0 Å². The van der Waals surface area contributed by atoms with Gasteiger partial charge in [0.2, 0.25) is 0 Å². The highest BCUT2D eigenvalue weighted by Crippen LogP contribution is 2.22. The van der Waals surface area contributed by atoms with E-state index in [4.69, 9.17) is 4.74 Å². The maximum Gasteiger partial charge on any atom is 0.258 e. The van der Waals surface area contributed by atoms with Gasteiger partial charge in [-0.2, -0.15) is 0 Å². The van der Waals surface area contributed by atoms with Crippen molar-refractivity contribution < 1.29 is 13.2 Å². The number of pyridine rings is 1. The molecule has 0 unspecified atom stereocenters. The summed E-state index contributed by atoms with van der Waals surface area (Å²) >= 11 is 0. The van der Waals surface area contributed by atoms with Crippen molar-refractivity contribution in [3.05, 3.63) is 23.9 Å². The lowest BCUT2D eigenvalue weighted by Crippen LogP contribution is -2.49. The Bertz CT molecular complexity index is 551. The third-order valence-electron chi connectivity index (χ3n) is 3.63. The van der Waals surface area contributed by atoms with E-state index in [1.165, 1.54) is 0 Å². The molecule has 1 aromatic heterocycles. The van der Waals surface area contributed by atoms with Crippen LogP contribution in [0.1, 0.15) is 32.3 Å². The van der Waals surface area contributed by atoms with Crippen molar-refractivity contribution in [3.63, 3.8) is 0 Å². The van der Waals surface area contributed by atoms with Crippen LogP contribution in [0.3, 0.4) is 0 Å². The molecule has 1 fully saturated rings. The minimum atomic E-state index is -3.59. The van der Waals surface area contributed by atoms with Gasteiger partial charge in [-0.25, -0.2) is 18.1 Å². The number of aromatic nitrogens is 1. The van der Waals surface area contributed by atoms with Gasteiger partial charge in [0, 0.05) is 31.5 Å². The molecule has 0 aromatic carbocycles. The summed E-state index contributed by atoms with van der Waals surface area (Å²) in [4.78, 5) is 4.08. The number of hydrogen-bond donors (Lipinski definition) is 2. The molecule has 0 spiro atoms. The molecule has 1 aromatic rings. The fourth-order valence-electron chi connectivity index (χ4n) is 2.24. The molecule has 0 amide bonds. The predicted octanol–water partition coefficient (Wildman–Crippen LogP) is 1.04. The highest BCUT2D eigenvalue weighted by Gasteiger charge is 2.33. The number of nitrogens with one attached hydrogen (secondary N) is 2. The van der Waals surface area contributed by atoms with E-state index in [0.29, 0.717) is 32.6 Å². The monoisotopic (exact) mass is 313 g/mol. The number of rotatable bonds is 6. The Hall–Kier alpha value is -1.02. The van der Waals surface area contributed by atoms with Crippen molar-refractivity contribution in [1.82, 2.24) is 15.0 Å². The molecule has 2 rings (SSSR count). The van der Waals surface area contributed by atoms with E-state index < -0.39 is 15.6 Å². The van der Waals surface area contributed by atoms with E-state index in [9.17, 15) is 8.42 Å². The van der Waals surface area contributed by atoms with Gasteiger partial charge >= 0.3 is 0 Å². The van der Waals surface area contributed by atoms with Crippen LogP contribution in [-0.2, 0) is 21.3 Å². The van der Waals surface area contributed by atoms with Crippen LogP contribution in [0.5, 0.6) is 0 Å². The minimum absolute atomic E-state index is 0.0652. The molecule has 1 saturated heterocycles. The molecule has 0 bridgehead atoms. The Morgan fingerprint density at radius 1 is 1.33 bits per heavy atom. The lowest BCUT2D eigenvalue weighted by atomic mass is 9.94. The molecule has 0 radical (unpaired) electrons. The quantitative estimate of drug-likeness (QED) is 0.820. The van der Waals surface area contributed by atoms with Gasteiger partial charge < -0.3 is 10.1 Å². The lowest BCUT2D eigenvalue weighted by Gasteiger charge is -2.33. The molecule has 0 aliphatic carbocycles. The first-order valence-electron chi connectivity index (χ1n) is 7.22. The van der Waals surface area contributed by atoms with Gasteiger partial charge in [-0.05, 0) is 37.9 Å². The first-order valence-corrected chi connectivity index (χ1v) is 8.71. The maximum absolute atomic E-state index is 12.4. The molecule has 2 N–H and O–H groups in total. The fraction of sp³-hybridized carbons (Fsp3) is 0.643. The summed E-state index contributed by atoms with van der Waals surface area (Å²) in [6.45, 7) is 6.63. The Morgan fingerprint density at radius 3 is 2.62 bits per heavy atom. The summed E-state index contributed by atoms with van der Waals surface area (Å²) in [5.41, 5.74) is 0.509. The topological polar surface area (TPSA) is 80.3 Å². The van der Waals surface area contributed by atoms with E-state index in [2.05, 4.69) is 15.0 Å². The van der Waals surface area contributed by atoms with Crippen LogP contribution in [0.4, 0.5) is 0 Å². The average molecular weight is 313 g/mol. The molecule has 1 aliphatic rings. The normalized spacial score (nSPS) is 18.6. The Labute approximate surface area is 126 Å². The van der Waals surface area contributed by atoms with Crippen molar-refractivity contribution >= 4 is 10.0 Å². The van der Waals surface area contributed by atoms with E-state index in [1.54, 1.807) is 18.3 Å². The van der Waals surface area contributed by atoms with Crippen LogP contribution in [0.2, 0.25) is 0 Å². The van der Waals surface area contributed by atoms with Gasteiger partial charge in [0.15, 0.2) is 5.03 Å². The Morgan fingerprint density at radius 2 is 2.05 bits per heavy atom. The standard InChI is InChI=1S/C14H23N3O3S/c1-3-15-10-12-4-5-13(16-11-12)21(18,19)17-14(2)6-8-20-9-7-14/h4-5,11,15,17H,3,6-10H2,1-2H3. The molecule has 0 atom stereocenters. The smallest absolute Gasteiger partial charge is 0.258 e. The summed E-state index contributed by atoms with van der Waals surface area (Å²) in [7, 11) is -3.59. The van der Waals surface area contributed by atoms with Crippen LogP contribution in [-0.4, -0.2) is 38.7 Å². The van der Waals surface area contributed by atoms with E-state index in [1.807, 2.05) is 13.8 Å². The van der Waals surface area contributed by atoms with Crippen LogP contribution in [0, 0.1) is 0 Å². The molecule has 6 nitrogen and oxygen atoms in total. The summed E-state index contributed by atoms with van der Waals surface area (Å²) in [6, 6.07) is 3.34. The maximum atomic E-state index is 12.4. The molecule has 1 aliphatic heterocycles. The molecule has 0 saturated carbocycles. The van der Waals surface area contributed by atoms with Gasteiger partial charge in [0.1, 0.15) is 0 Å². The summed E-state index contributed by atoms with van der Waals surface area (Å²) in [5, 5.41) is 3.24. The van der Waals surface area contributed by atoms with Crippen molar-refractivity contribution in [3.8, 4) is 0 Å². The van der Waals surface area contributed by atoms with Gasteiger partial charge in [-0.3, -0.25) is 0 Å². The first kappa shape index (κ1) is 16.4. The first-order chi connectivity index (χ1) is 9.95. The fourth-order valence-corrected chi connectivity index (χ4v) is 3.64. The van der Waals surface area contributed by atoms with E-state index in [0.717, 1.165) is 12.1 Å². The van der Waals surface area contributed by atoms with Crippen LogP contribution in [0.15, 0.2) is 23.4 Å². The zero-order valence-corrected chi connectivity index (χ0v) is 13.4. The molecular weight excluding hydrogens is 290 g/mol. The number of nitrogens with zero attached hydrogens (tertiary/aromatic N) is 1. The highest BCUT2D eigenvalue weighted by atomic mass is 32.2. The zero-order valence-electron chi connectivity index (χ0n) is 12.6. The number of ether oxygens (including phenoxy) is 1. The number of hydrogen-bond acceptors (Lipinski definition) is 5. The summed E-state index contributed by atoms with van der Waals surface area (Å²) in [5.74, 6) is 0.